The van der Waals surface area contributed by atoms with Gasteiger partial charge in [0.2, 0.25) is 0 Å². The number of pyridine rings is 1. The predicted octanol–water partition coefficient (Wildman–Crippen LogP) is 6.26. The molecule has 0 atom stereocenters. The lowest BCUT2D eigenvalue weighted by atomic mass is 9.81. The molecule has 4 N–H and O–H groups in total. The van der Waals surface area contributed by atoms with Gasteiger partial charge in [-0.2, -0.15) is 5.10 Å². The van der Waals surface area contributed by atoms with Crippen molar-refractivity contribution in [1.29, 1.82) is 0 Å². The molecule has 2 aromatic heterocycles. The van der Waals surface area contributed by atoms with Crippen LogP contribution >= 0.6 is 11.6 Å². The second kappa shape index (κ2) is 12.7. The molecule has 13 heteroatoms. The van der Waals surface area contributed by atoms with Crippen LogP contribution in [0.5, 0.6) is 0 Å². The first-order valence-corrected chi connectivity index (χ1v) is 16.0. The van der Waals surface area contributed by atoms with Crippen molar-refractivity contribution in [2.75, 3.05) is 30.7 Å². The third-order valence-electron chi connectivity index (χ3n) is 7.86. The van der Waals surface area contributed by atoms with Gasteiger partial charge in [0.25, 0.3) is 10.0 Å². The molecule has 0 unspecified atom stereocenters. The number of anilines is 2. The largest absolute Gasteiger partial charge is 0.383 e. The number of hydrogen-bond acceptors (Lipinski definition) is 7. The molecular formula is C30H35ClF2N6O3S. The van der Waals surface area contributed by atoms with E-state index in [-0.39, 0.29) is 39.0 Å². The van der Waals surface area contributed by atoms with Gasteiger partial charge in [-0.25, -0.2) is 22.2 Å². The first-order valence-electron chi connectivity index (χ1n) is 14.2. The van der Waals surface area contributed by atoms with Crippen LogP contribution in [0.2, 0.25) is 5.02 Å². The fourth-order valence-corrected chi connectivity index (χ4v) is 7.30. The Bertz CT molecular complexity index is 1740. The van der Waals surface area contributed by atoms with Crippen molar-refractivity contribution in [3.63, 3.8) is 0 Å². The summed E-state index contributed by atoms with van der Waals surface area (Å²) in [4.78, 5) is 4.20. The molecule has 9 nitrogen and oxygen atoms in total. The van der Waals surface area contributed by atoms with E-state index < -0.39 is 27.3 Å². The number of nitrogens with one attached hydrogen (secondary N) is 2. The normalized spacial score (nSPS) is 17.6. The number of sulfonamides is 1. The third-order valence-corrected chi connectivity index (χ3v) is 9.73. The highest BCUT2D eigenvalue weighted by Gasteiger charge is 2.29. The molecule has 0 bridgehead atoms. The number of nitrogens with two attached hydrogens (primary N) is 1. The average Bonchev–Trinajstić information content (AvgIpc) is 3.37. The Kier molecular flexibility index (Phi) is 9.21. The molecule has 2 aromatic carbocycles. The average molecular weight is 633 g/mol. The number of aromatic nitrogens is 3. The molecule has 230 valence electrons. The maximum Gasteiger partial charge on any atom is 0.263 e. The van der Waals surface area contributed by atoms with Crippen LogP contribution in [-0.4, -0.2) is 49.5 Å². The van der Waals surface area contributed by atoms with Gasteiger partial charge in [0.15, 0.2) is 0 Å². The van der Waals surface area contributed by atoms with E-state index in [4.69, 9.17) is 27.2 Å². The van der Waals surface area contributed by atoms with Crippen LogP contribution in [-0.2, 0) is 14.8 Å². The number of hydrogen-bond donors (Lipinski definition) is 3. The maximum absolute atomic E-state index is 15.7. The van der Waals surface area contributed by atoms with Gasteiger partial charge in [-0.15, -0.1) is 0 Å². The lowest BCUT2D eigenvalue weighted by Gasteiger charge is -2.30. The van der Waals surface area contributed by atoms with E-state index in [0.717, 1.165) is 55.4 Å². The van der Waals surface area contributed by atoms with Gasteiger partial charge >= 0.3 is 0 Å². The molecule has 0 spiro atoms. The smallest absolute Gasteiger partial charge is 0.263 e. The number of benzene rings is 2. The molecule has 1 saturated carbocycles. The number of nitrogen functional groups attached to an aromatic ring is 1. The van der Waals surface area contributed by atoms with Gasteiger partial charge in [0.05, 0.1) is 28.2 Å². The van der Waals surface area contributed by atoms with Gasteiger partial charge in [0, 0.05) is 43.6 Å². The highest BCUT2D eigenvalue weighted by atomic mass is 35.5. The SMILES string of the molecule is COCCNC1CCC(c2cnc(N)c3c(-c4cc(F)c(NS(=O)(=O)c5ccccc5Cl)cc4F)nn(C(C)C)c23)CC1. The van der Waals surface area contributed by atoms with Crippen LogP contribution in [0.4, 0.5) is 20.3 Å². The molecule has 0 aliphatic heterocycles. The topological polar surface area (TPSA) is 124 Å². The maximum atomic E-state index is 15.7. The molecule has 0 saturated heterocycles. The van der Waals surface area contributed by atoms with Crippen molar-refractivity contribution >= 4 is 44.0 Å². The first kappa shape index (κ1) is 31.1. The Morgan fingerprint density at radius 3 is 2.53 bits per heavy atom. The summed E-state index contributed by atoms with van der Waals surface area (Å²) in [5.74, 6) is -1.51. The number of fused-ring (bicyclic) bond motifs is 1. The summed E-state index contributed by atoms with van der Waals surface area (Å²) in [7, 11) is -2.60. The monoisotopic (exact) mass is 632 g/mol. The lowest BCUT2D eigenvalue weighted by Crippen LogP contribution is -2.34. The molecule has 1 aliphatic carbocycles. The van der Waals surface area contributed by atoms with E-state index >= 15 is 8.78 Å². The fraction of sp³-hybridized carbons (Fsp3) is 0.400. The van der Waals surface area contributed by atoms with E-state index in [2.05, 4.69) is 15.0 Å². The molecule has 1 aliphatic rings. The van der Waals surface area contributed by atoms with E-state index in [0.29, 0.717) is 18.0 Å². The van der Waals surface area contributed by atoms with Crippen LogP contribution in [0.1, 0.15) is 57.1 Å². The number of methoxy groups -OCH3 is 1. The zero-order chi connectivity index (χ0) is 30.9. The minimum Gasteiger partial charge on any atom is -0.383 e. The highest BCUT2D eigenvalue weighted by molar-refractivity contribution is 7.92. The molecule has 4 aromatic rings. The molecule has 2 heterocycles. The summed E-state index contributed by atoms with van der Waals surface area (Å²) in [5.41, 5.74) is 7.51. The zero-order valence-electron chi connectivity index (χ0n) is 24.2. The van der Waals surface area contributed by atoms with E-state index in [1.165, 1.54) is 18.2 Å². The second-order valence-corrected chi connectivity index (χ2v) is 13.1. The Hall–Kier alpha value is -3.32. The minimum atomic E-state index is -4.29. The summed E-state index contributed by atoms with van der Waals surface area (Å²) in [5, 5.41) is 8.64. The zero-order valence-corrected chi connectivity index (χ0v) is 25.8. The Labute approximate surface area is 254 Å². The van der Waals surface area contributed by atoms with Crippen molar-refractivity contribution in [1.82, 2.24) is 20.1 Å². The van der Waals surface area contributed by atoms with Crippen molar-refractivity contribution < 1.29 is 21.9 Å². The van der Waals surface area contributed by atoms with Gasteiger partial charge in [-0.1, -0.05) is 23.7 Å². The van der Waals surface area contributed by atoms with Crippen LogP contribution in [0.15, 0.2) is 47.5 Å². The molecular weight excluding hydrogens is 598 g/mol. The molecule has 1 fully saturated rings. The minimum absolute atomic E-state index is 0.0483. The summed E-state index contributed by atoms with van der Waals surface area (Å²) in [6, 6.07) is 7.73. The Morgan fingerprint density at radius 1 is 1.14 bits per heavy atom. The first-order chi connectivity index (χ1) is 20.5. The molecule has 0 amide bonds. The standard InChI is InChI=1S/C30H35ClF2N6O3S/c1-17(2)39-29-21(18-8-10-19(11-9-18)35-12-13-42-3)16-36-30(34)27(29)28(37-39)20-14-24(33)25(15-23(20)32)38-43(40,41)26-7-5-4-6-22(26)31/h4-7,14-19,35,38H,8-13H2,1-3H3,(H2,34,36). The van der Waals surface area contributed by atoms with Crippen molar-refractivity contribution in [3.05, 3.63) is 64.8 Å². The highest BCUT2D eigenvalue weighted by Crippen LogP contribution is 2.42. The van der Waals surface area contributed by atoms with Crippen molar-refractivity contribution in [2.45, 2.75) is 62.4 Å². The Balaban J connectivity index is 1.52. The van der Waals surface area contributed by atoms with Crippen LogP contribution < -0.4 is 15.8 Å². The number of rotatable bonds is 10. The van der Waals surface area contributed by atoms with Gasteiger partial charge in [-0.05, 0) is 69.2 Å². The van der Waals surface area contributed by atoms with Crippen LogP contribution in [0.3, 0.4) is 0 Å². The lowest BCUT2D eigenvalue weighted by molar-refractivity contribution is 0.191. The predicted molar refractivity (Wildman–Crippen MR) is 165 cm³/mol. The van der Waals surface area contributed by atoms with E-state index in [9.17, 15) is 8.42 Å². The van der Waals surface area contributed by atoms with Crippen LogP contribution in [0.25, 0.3) is 22.2 Å². The van der Waals surface area contributed by atoms with Crippen molar-refractivity contribution in [2.24, 2.45) is 0 Å². The quantitative estimate of drug-likeness (QED) is 0.176. The number of ether oxygens (including phenoxy) is 1. The van der Waals surface area contributed by atoms with Crippen LogP contribution in [0, 0.1) is 11.6 Å². The molecule has 0 radical (unpaired) electrons. The van der Waals surface area contributed by atoms with Gasteiger partial charge < -0.3 is 15.8 Å². The molecule has 43 heavy (non-hydrogen) atoms. The number of halogens is 3. The van der Waals surface area contributed by atoms with Crippen molar-refractivity contribution in [3.8, 4) is 11.3 Å². The summed E-state index contributed by atoms with van der Waals surface area (Å²) in [6.45, 7) is 5.36. The Morgan fingerprint density at radius 2 is 1.86 bits per heavy atom. The summed E-state index contributed by atoms with van der Waals surface area (Å²) >= 11 is 6.03. The second-order valence-electron chi connectivity index (χ2n) is 11.1. The van der Waals surface area contributed by atoms with Gasteiger partial charge in [-0.3, -0.25) is 9.40 Å². The summed E-state index contributed by atoms with van der Waals surface area (Å²) < 4.78 is 65.9. The molecule has 5 rings (SSSR count). The summed E-state index contributed by atoms with van der Waals surface area (Å²) in [6.07, 6.45) is 5.58. The van der Waals surface area contributed by atoms with Gasteiger partial charge in [0.1, 0.15) is 28.0 Å². The third kappa shape index (κ3) is 6.33. The van der Waals surface area contributed by atoms with E-state index in [1.807, 2.05) is 13.8 Å². The van der Waals surface area contributed by atoms with E-state index in [1.54, 1.807) is 24.1 Å². The fourth-order valence-electron chi connectivity index (χ4n) is 5.72. The number of nitrogens with zero attached hydrogens (tertiary/aromatic N) is 3.